The average molecular weight is 528 g/mol. The van der Waals surface area contributed by atoms with Crippen LogP contribution in [0.2, 0.25) is 0 Å². The highest BCUT2D eigenvalue weighted by Crippen LogP contribution is 2.31. The van der Waals surface area contributed by atoms with Crippen molar-refractivity contribution in [3.63, 3.8) is 0 Å². The highest BCUT2D eigenvalue weighted by molar-refractivity contribution is 6.12. The van der Waals surface area contributed by atoms with Gasteiger partial charge in [-0.25, -0.2) is 9.97 Å². The summed E-state index contributed by atoms with van der Waals surface area (Å²) < 4.78 is 7.97. The average Bonchev–Trinajstić information content (AvgIpc) is 3.44. The molecule has 0 spiro atoms. The number of nitrogens with zero attached hydrogens (tertiary/aromatic N) is 4. The molecule has 3 N–H and O–H groups in total. The SMILES string of the molecule is CCCCc1nc2c(N)nc3ccc(CCOCCN4C(=O)C=CC4=O)cc3c2n1Cc1ccc(O)c(C)c1. The molecule has 2 aromatic carbocycles. The molecule has 0 saturated heterocycles. The number of aryl methyl sites for hydroxylation is 2. The molecule has 1 aliphatic rings. The number of nitrogens with two attached hydrogens (primary N) is 1. The van der Waals surface area contributed by atoms with Crippen molar-refractivity contribution < 1.29 is 19.4 Å². The second-order valence-electron chi connectivity index (χ2n) is 9.91. The van der Waals surface area contributed by atoms with Gasteiger partial charge >= 0.3 is 0 Å². The standard InChI is InChI=1S/C30H33N5O4/c1-3-4-5-25-33-28-29(35(25)18-21-7-9-24(36)19(2)16-21)22-17-20(6-8-23(22)32-30(28)31)12-14-39-15-13-34-26(37)10-11-27(34)38/h6-11,16-17,36H,3-5,12-15,18H2,1-2H3,(H2,31,32). The molecule has 0 aliphatic carbocycles. The maximum Gasteiger partial charge on any atom is 0.253 e. The Morgan fingerprint density at radius 3 is 2.49 bits per heavy atom. The summed E-state index contributed by atoms with van der Waals surface area (Å²) >= 11 is 0. The fraction of sp³-hybridized carbons (Fsp3) is 0.333. The lowest BCUT2D eigenvalue weighted by atomic mass is 10.1. The number of fused-ring (bicyclic) bond motifs is 3. The summed E-state index contributed by atoms with van der Waals surface area (Å²) in [6.45, 7) is 5.64. The first-order valence-corrected chi connectivity index (χ1v) is 13.3. The number of anilines is 1. The van der Waals surface area contributed by atoms with Gasteiger partial charge in [0.05, 0.1) is 30.8 Å². The molecule has 2 aromatic heterocycles. The van der Waals surface area contributed by atoms with Gasteiger partial charge in [0.1, 0.15) is 17.1 Å². The zero-order chi connectivity index (χ0) is 27.5. The van der Waals surface area contributed by atoms with Crippen LogP contribution in [0, 0.1) is 6.92 Å². The summed E-state index contributed by atoms with van der Waals surface area (Å²) in [4.78, 5) is 34.1. The summed E-state index contributed by atoms with van der Waals surface area (Å²) in [5.74, 6) is 1.05. The molecule has 9 nitrogen and oxygen atoms in total. The Bertz CT molecular complexity index is 1570. The molecule has 202 valence electrons. The molecule has 4 aromatic rings. The first-order valence-electron chi connectivity index (χ1n) is 13.3. The van der Waals surface area contributed by atoms with Crippen LogP contribution in [0.25, 0.3) is 21.9 Å². The number of aromatic nitrogens is 3. The van der Waals surface area contributed by atoms with Gasteiger partial charge in [0.15, 0.2) is 5.82 Å². The fourth-order valence-electron chi connectivity index (χ4n) is 4.95. The molecule has 0 unspecified atom stereocenters. The Morgan fingerprint density at radius 2 is 1.74 bits per heavy atom. The third kappa shape index (κ3) is 5.49. The quantitative estimate of drug-likeness (QED) is 0.223. The number of phenolic OH excluding ortho intramolecular Hbond substituents is 1. The van der Waals surface area contributed by atoms with Gasteiger partial charge < -0.3 is 20.1 Å². The van der Waals surface area contributed by atoms with Crippen molar-refractivity contribution in [2.24, 2.45) is 0 Å². The van der Waals surface area contributed by atoms with Crippen LogP contribution in [0.5, 0.6) is 5.75 Å². The lowest BCUT2D eigenvalue weighted by Crippen LogP contribution is -2.33. The largest absolute Gasteiger partial charge is 0.508 e. The van der Waals surface area contributed by atoms with Crippen LogP contribution in [-0.2, 0) is 33.7 Å². The summed E-state index contributed by atoms with van der Waals surface area (Å²) in [7, 11) is 0. The Hall–Kier alpha value is -4.24. The number of hydrogen-bond donors (Lipinski definition) is 2. The monoisotopic (exact) mass is 527 g/mol. The van der Waals surface area contributed by atoms with Crippen molar-refractivity contribution in [1.82, 2.24) is 19.4 Å². The van der Waals surface area contributed by atoms with Crippen molar-refractivity contribution in [1.29, 1.82) is 0 Å². The predicted molar refractivity (Wildman–Crippen MR) is 150 cm³/mol. The van der Waals surface area contributed by atoms with Crippen LogP contribution in [-0.4, -0.2) is 56.1 Å². The third-order valence-corrected chi connectivity index (χ3v) is 7.10. The van der Waals surface area contributed by atoms with Gasteiger partial charge in [-0.3, -0.25) is 14.5 Å². The normalized spacial score (nSPS) is 13.4. The zero-order valence-corrected chi connectivity index (χ0v) is 22.3. The van der Waals surface area contributed by atoms with E-state index in [0.717, 1.165) is 58.2 Å². The number of rotatable bonds is 11. The molecule has 9 heteroatoms. The van der Waals surface area contributed by atoms with Gasteiger partial charge in [0.25, 0.3) is 11.8 Å². The molecule has 5 rings (SSSR count). The number of nitrogen functional groups attached to an aromatic ring is 1. The van der Waals surface area contributed by atoms with Crippen molar-refractivity contribution >= 4 is 39.6 Å². The van der Waals surface area contributed by atoms with Gasteiger partial charge in [-0.15, -0.1) is 0 Å². The van der Waals surface area contributed by atoms with E-state index in [1.165, 1.54) is 17.1 Å². The number of imide groups is 1. The van der Waals surface area contributed by atoms with Crippen LogP contribution < -0.4 is 5.73 Å². The number of pyridine rings is 1. The molecule has 0 bridgehead atoms. The maximum absolute atomic E-state index is 11.7. The van der Waals surface area contributed by atoms with Crippen LogP contribution in [0.3, 0.4) is 0 Å². The van der Waals surface area contributed by atoms with Crippen LogP contribution in [0.4, 0.5) is 5.82 Å². The van der Waals surface area contributed by atoms with Gasteiger partial charge in [-0.05, 0) is 54.7 Å². The molecule has 0 atom stereocenters. The fourth-order valence-corrected chi connectivity index (χ4v) is 4.95. The van der Waals surface area contributed by atoms with E-state index in [-0.39, 0.29) is 30.7 Å². The van der Waals surface area contributed by atoms with E-state index >= 15 is 0 Å². The molecular weight excluding hydrogens is 494 g/mol. The second kappa shape index (κ2) is 11.2. The van der Waals surface area contributed by atoms with Crippen molar-refractivity contribution in [3.05, 3.63) is 71.1 Å². The molecule has 2 amide bonds. The number of amides is 2. The van der Waals surface area contributed by atoms with E-state index in [0.29, 0.717) is 30.9 Å². The lowest BCUT2D eigenvalue weighted by molar-refractivity contribution is -0.137. The molecule has 3 heterocycles. The van der Waals surface area contributed by atoms with E-state index in [2.05, 4.69) is 22.5 Å². The number of ether oxygens (including phenoxy) is 1. The van der Waals surface area contributed by atoms with Gasteiger partial charge in [0.2, 0.25) is 0 Å². The number of carbonyl (C=O) groups is 2. The highest BCUT2D eigenvalue weighted by Gasteiger charge is 2.22. The van der Waals surface area contributed by atoms with E-state index < -0.39 is 0 Å². The molecule has 0 saturated carbocycles. The Labute approximate surface area is 226 Å². The number of benzene rings is 2. The summed E-state index contributed by atoms with van der Waals surface area (Å²) in [6.07, 6.45) is 6.11. The molecule has 0 radical (unpaired) electrons. The summed E-state index contributed by atoms with van der Waals surface area (Å²) in [5, 5.41) is 11.0. The van der Waals surface area contributed by atoms with E-state index in [1.807, 2.05) is 31.2 Å². The zero-order valence-electron chi connectivity index (χ0n) is 22.3. The molecule has 39 heavy (non-hydrogen) atoms. The Morgan fingerprint density at radius 1 is 0.974 bits per heavy atom. The Kier molecular flexibility index (Phi) is 7.60. The first-order chi connectivity index (χ1) is 18.9. The van der Waals surface area contributed by atoms with Crippen molar-refractivity contribution in [2.75, 3.05) is 25.5 Å². The maximum atomic E-state index is 11.7. The number of hydrogen-bond acceptors (Lipinski definition) is 7. The van der Waals surface area contributed by atoms with Gasteiger partial charge in [-0.2, -0.15) is 0 Å². The van der Waals surface area contributed by atoms with Crippen LogP contribution in [0.15, 0.2) is 48.6 Å². The Balaban J connectivity index is 1.42. The topological polar surface area (TPSA) is 124 Å². The first kappa shape index (κ1) is 26.4. The minimum Gasteiger partial charge on any atom is -0.508 e. The van der Waals surface area contributed by atoms with Crippen LogP contribution in [0.1, 0.15) is 42.3 Å². The number of imidazole rings is 1. The number of unbranched alkanes of at least 4 members (excludes halogenated alkanes) is 1. The van der Waals surface area contributed by atoms with E-state index in [4.69, 9.17) is 15.5 Å². The number of carbonyl (C=O) groups excluding carboxylic acids is 2. The molecular formula is C30H33N5O4. The number of aromatic hydroxyl groups is 1. The van der Waals surface area contributed by atoms with Crippen molar-refractivity contribution in [3.8, 4) is 5.75 Å². The molecule has 1 aliphatic heterocycles. The summed E-state index contributed by atoms with van der Waals surface area (Å²) in [6, 6.07) is 11.8. The van der Waals surface area contributed by atoms with Crippen molar-refractivity contribution in [2.45, 2.75) is 46.1 Å². The van der Waals surface area contributed by atoms with Gasteiger partial charge in [0, 0.05) is 30.5 Å². The highest BCUT2D eigenvalue weighted by atomic mass is 16.5. The summed E-state index contributed by atoms with van der Waals surface area (Å²) in [5.41, 5.74) is 11.8. The molecule has 0 fully saturated rings. The minimum atomic E-state index is -0.300. The van der Waals surface area contributed by atoms with Gasteiger partial charge in [-0.1, -0.05) is 31.5 Å². The van der Waals surface area contributed by atoms with Crippen LogP contribution >= 0.6 is 0 Å². The number of phenols is 1. The third-order valence-electron chi connectivity index (χ3n) is 7.10. The van der Waals surface area contributed by atoms with E-state index in [9.17, 15) is 14.7 Å². The lowest BCUT2D eigenvalue weighted by Gasteiger charge is -2.14. The second-order valence-corrected chi connectivity index (χ2v) is 9.91. The van der Waals surface area contributed by atoms with E-state index in [1.54, 1.807) is 6.07 Å². The minimum absolute atomic E-state index is 0.239. The predicted octanol–water partition coefficient (Wildman–Crippen LogP) is 4.06. The smallest absolute Gasteiger partial charge is 0.253 e.